The van der Waals surface area contributed by atoms with Crippen molar-refractivity contribution in [2.24, 2.45) is 0 Å². The van der Waals surface area contributed by atoms with Crippen LogP contribution in [-0.4, -0.2) is 15.7 Å². The molecule has 1 aromatic carbocycles. The first-order valence-corrected chi connectivity index (χ1v) is 7.78. The number of halogens is 3. The van der Waals surface area contributed by atoms with E-state index < -0.39 is 17.6 Å². The van der Waals surface area contributed by atoms with Crippen LogP contribution in [0.3, 0.4) is 0 Å². The number of rotatable bonds is 3. The van der Waals surface area contributed by atoms with Crippen molar-refractivity contribution in [1.82, 2.24) is 9.78 Å². The van der Waals surface area contributed by atoms with Crippen molar-refractivity contribution in [3.05, 3.63) is 64.9 Å². The summed E-state index contributed by atoms with van der Waals surface area (Å²) in [6.07, 6.45) is -4.53. The number of nitrogens with zero attached hydrogens (tertiary/aromatic N) is 2. The Morgan fingerprint density at radius 3 is 2.38 bits per heavy atom. The molecule has 0 radical (unpaired) electrons. The molecular formula is C18H16F3N3O2. The number of alkyl halides is 3. The van der Waals surface area contributed by atoms with Crippen LogP contribution in [0.5, 0.6) is 0 Å². The van der Waals surface area contributed by atoms with Crippen LogP contribution in [0.1, 0.15) is 33.3 Å². The molecule has 0 unspecified atom stereocenters. The maximum Gasteiger partial charge on any atom is 0.416 e. The second-order valence-electron chi connectivity index (χ2n) is 5.93. The second-order valence-corrected chi connectivity index (χ2v) is 5.93. The van der Waals surface area contributed by atoms with Gasteiger partial charge in [-0.15, -0.1) is 0 Å². The molecule has 3 aromatic rings. The van der Waals surface area contributed by atoms with Crippen LogP contribution in [0.25, 0.3) is 5.69 Å². The van der Waals surface area contributed by atoms with E-state index in [1.807, 2.05) is 0 Å². The Kier molecular flexibility index (Phi) is 4.35. The maximum absolute atomic E-state index is 13.1. The highest BCUT2D eigenvalue weighted by atomic mass is 19.4. The molecule has 0 aliphatic rings. The minimum Gasteiger partial charge on any atom is -0.456 e. The van der Waals surface area contributed by atoms with Crippen LogP contribution < -0.4 is 5.32 Å². The first-order valence-electron chi connectivity index (χ1n) is 7.78. The predicted octanol–water partition coefficient (Wildman–Crippen LogP) is 4.66. The molecule has 5 nitrogen and oxygen atoms in total. The minimum atomic E-state index is -4.53. The third kappa shape index (κ3) is 3.49. The van der Waals surface area contributed by atoms with Crippen molar-refractivity contribution in [3.63, 3.8) is 0 Å². The molecule has 2 heterocycles. The molecule has 3 rings (SSSR count). The molecule has 1 amide bonds. The highest BCUT2D eigenvalue weighted by Crippen LogP contribution is 2.34. The van der Waals surface area contributed by atoms with Gasteiger partial charge in [0.2, 0.25) is 0 Å². The lowest BCUT2D eigenvalue weighted by Gasteiger charge is -2.15. The summed E-state index contributed by atoms with van der Waals surface area (Å²) in [6.45, 7) is 5.22. The number of benzene rings is 1. The lowest BCUT2D eigenvalue weighted by atomic mass is 10.1. The summed E-state index contributed by atoms with van der Waals surface area (Å²) in [5, 5.41) is 6.77. The summed E-state index contributed by atoms with van der Waals surface area (Å²) < 4.78 is 46.0. The number of amides is 1. The van der Waals surface area contributed by atoms with Gasteiger partial charge in [0.15, 0.2) is 5.76 Å². The zero-order chi connectivity index (χ0) is 19.1. The van der Waals surface area contributed by atoms with E-state index >= 15 is 0 Å². The van der Waals surface area contributed by atoms with Crippen molar-refractivity contribution >= 4 is 11.6 Å². The quantitative estimate of drug-likeness (QED) is 0.736. The summed E-state index contributed by atoms with van der Waals surface area (Å²) in [4.78, 5) is 12.3. The van der Waals surface area contributed by atoms with E-state index in [2.05, 4.69) is 10.4 Å². The van der Waals surface area contributed by atoms with Gasteiger partial charge >= 0.3 is 6.18 Å². The first kappa shape index (κ1) is 17.8. The summed E-state index contributed by atoms with van der Waals surface area (Å²) in [5.41, 5.74) is 0.895. The van der Waals surface area contributed by atoms with Crippen LogP contribution in [0, 0.1) is 20.8 Å². The summed E-state index contributed by atoms with van der Waals surface area (Å²) in [5.74, 6) is -0.0996. The molecule has 0 spiro atoms. The summed E-state index contributed by atoms with van der Waals surface area (Å²) in [7, 11) is 0. The largest absolute Gasteiger partial charge is 0.456 e. The van der Waals surface area contributed by atoms with E-state index in [0.29, 0.717) is 17.1 Å². The molecular weight excluding hydrogens is 347 g/mol. The number of carbonyl (C=O) groups excluding carboxylic acids is 1. The molecule has 26 heavy (non-hydrogen) atoms. The van der Waals surface area contributed by atoms with Crippen molar-refractivity contribution in [3.8, 4) is 5.69 Å². The number of carbonyl (C=O) groups is 1. The average Bonchev–Trinajstić information content (AvgIpc) is 3.12. The summed E-state index contributed by atoms with van der Waals surface area (Å²) in [6, 6.07) is 7.98. The Labute approximate surface area is 147 Å². The van der Waals surface area contributed by atoms with E-state index in [1.54, 1.807) is 32.9 Å². The fourth-order valence-electron chi connectivity index (χ4n) is 2.61. The normalized spacial score (nSPS) is 11.6. The number of nitrogens with one attached hydrogen (secondary N) is 1. The molecule has 1 N–H and O–H groups in total. The highest BCUT2D eigenvalue weighted by Gasteiger charge is 2.31. The molecule has 0 aliphatic heterocycles. The number of aryl methyl sites for hydroxylation is 3. The topological polar surface area (TPSA) is 60.1 Å². The van der Waals surface area contributed by atoms with E-state index in [-0.39, 0.29) is 11.4 Å². The van der Waals surface area contributed by atoms with Crippen LogP contribution >= 0.6 is 0 Å². The number of furan rings is 1. The Hall–Kier alpha value is -3.03. The van der Waals surface area contributed by atoms with Crippen LogP contribution in [0.15, 0.2) is 40.8 Å². The smallest absolute Gasteiger partial charge is 0.416 e. The van der Waals surface area contributed by atoms with Crippen molar-refractivity contribution in [2.45, 2.75) is 26.9 Å². The molecule has 0 bridgehead atoms. The lowest BCUT2D eigenvalue weighted by molar-refractivity contribution is -0.137. The Balaban J connectivity index is 2.07. The molecule has 8 heteroatoms. The predicted molar refractivity (Wildman–Crippen MR) is 89.4 cm³/mol. The van der Waals surface area contributed by atoms with Gasteiger partial charge in [-0.2, -0.15) is 18.3 Å². The highest BCUT2D eigenvalue weighted by molar-refractivity contribution is 6.03. The third-order valence-corrected chi connectivity index (χ3v) is 3.77. The van der Waals surface area contributed by atoms with Gasteiger partial charge in [0.25, 0.3) is 5.91 Å². The second kappa shape index (κ2) is 6.36. The van der Waals surface area contributed by atoms with E-state index in [1.165, 1.54) is 16.8 Å². The Morgan fingerprint density at radius 2 is 1.85 bits per heavy atom. The monoisotopic (exact) mass is 363 g/mol. The average molecular weight is 363 g/mol. The summed E-state index contributed by atoms with van der Waals surface area (Å²) >= 11 is 0. The Bertz CT molecular complexity index is 970. The molecule has 0 saturated carbocycles. The van der Waals surface area contributed by atoms with Gasteiger partial charge in [0, 0.05) is 5.69 Å². The van der Waals surface area contributed by atoms with Crippen LogP contribution in [-0.2, 0) is 6.18 Å². The van der Waals surface area contributed by atoms with Crippen molar-refractivity contribution in [1.29, 1.82) is 0 Å². The standard InChI is InChI=1S/C18H16F3N3O2/c1-10-8-11(2)24(23-10)15-6-5-13(18(19,20)21)9-14(15)22-17(25)16-7-4-12(3)26-16/h4-9H,1-3H3,(H,22,25). The van der Waals surface area contributed by atoms with E-state index in [9.17, 15) is 18.0 Å². The number of anilines is 1. The number of hydrogen-bond donors (Lipinski definition) is 1. The third-order valence-electron chi connectivity index (χ3n) is 3.77. The first-order chi connectivity index (χ1) is 12.1. The molecule has 136 valence electrons. The van der Waals surface area contributed by atoms with Gasteiger partial charge in [-0.1, -0.05) is 0 Å². The molecule has 2 aromatic heterocycles. The molecule has 0 atom stereocenters. The fourth-order valence-corrected chi connectivity index (χ4v) is 2.61. The zero-order valence-electron chi connectivity index (χ0n) is 14.3. The molecule has 0 aliphatic carbocycles. The molecule has 0 saturated heterocycles. The van der Waals surface area contributed by atoms with Gasteiger partial charge < -0.3 is 9.73 Å². The zero-order valence-corrected chi connectivity index (χ0v) is 14.3. The Morgan fingerprint density at radius 1 is 1.12 bits per heavy atom. The molecule has 0 fully saturated rings. The van der Waals surface area contributed by atoms with E-state index in [4.69, 9.17) is 4.42 Å². The van der Waals surface area contributed by atoms with Gasteiger partial charge in [0.05, 0.1) is 22.6 Å². The minimum absolute atomic E-state index is 0.00919. The van der Waals surface area contributed by atoms with Gasteiger partial charge in [-0.05, 0) is 57.2 Å². The van der Waals surface area contributed by atoms with Crippen LogP contribution in [0.2, 0.25) is 0 Å². The fraction of sp³-hybridized carbons (Fsp3) is 0.222. The van der Waals surface area contributed by atoms with Gasteiger partial charge in [-0.25, -0.2) is 4.68 Å². The van der Waals surface area contributed by atoms with Gasteiger partial charge in [-0.3, -0.25) is 4.79 Å². The number of aromatic nitrogens is 2. The lowest BCUT2D eigenvalue weighted by Crippen LogP contribution is -2.15. The maximum atomic E-state index is 13.1. The van der Waals surface area contributed by atoms with Crippen LogP contribution in [0.4, 0.5) is 18.9 Å². The van der Waals surface area contributed by atoms with E-state index in [0.717, 1.165) is 17.8 Å². The van der Waals surface area contributed by atoms with Crippen molar-refractivity contribution < 1.29 is 22.4 Å². The van der Waals surface area contributed by atoms with Gasteiger partial charge in [0.1, 0.15) is 5.76 Å². The SMILES string of the molecule is Cc1cc(C)n(-c2ccc(C(F)(F)F)cc2NC(=O)c2ccc(C)o2)n1. The van der Waals surface area contributed by atoms with Crippen molar-refractivity contribution in [2.75, 3.05) is 5.32 Å². The number of hydrogen-bond acceptors (Lipinski definition) is 3.